The molecule has 5 nitrogen and oxygen atoms in total. The number of carbonyl (C=O) groups is 1. The number of rotatable bonds is 5. The summed E-state index contributed by atoms with van der Waals surface area (Å²) in [6, 6.07) is 8.62. The number of benzene rings is 2. The van der Waals surface area contributed by atoms with Crippen molar-refractivity contribution < 1.29 is 18.3 Å². The number of sulfone groups is 1. The van der Waals surface area contributed by atoms with Gasteiger partial charge in [-0.3, -0.25) is 4.79 Å². The van der Waals surface area contributed by atoms with Gasteiger partial charge in [-0.15, -0.1) is 0 Å². The van der Waals surface area contributed by atoms with Crippen LogP contribution in [0.4, 0.5) is 5.69 Å². The van der Waals surface area contributed by atoms with Crippen LogP contribution in [0, 0.1) is 0 Å². The first kappa shape index (κ1) is 18.6. The van der Waals surface area contributed by atoms with Crippen molar-refractivity contribution in [1.29, 1.82) is 0 Å². The minimum Gasteiger partial charge on any atom is -0.506 e. The number of phenolic OH excluding ortho intramolecular Hbond substituents is 1. The third-order valence-corrected chi connectivity index (χ3v) is 5.82. The van der Waals surface area contributed by atoms with Gasteiger partial charge >= 0.3 is 0 Å². The van der Waals surface area contributed by atoms with E-state index in [1.54, 1.807) is 18.2 Å². The van der Waals surface area contributed by atoms with Crippen molar-refractivity contribution in [2.45, 2.75) is 18.2 Å². The second-order valence-electron chi connectivity index (χ2n) is 5.01. The highest BCUT2D eigenvalue weighted by Gasteiger charge is 2.16. The molecular formula is C16H15Cl2NO4S. The van der Waals surface area contributed by atoms with Crippen LogP contribution in [0.25, 0.3) is 0 Å². The summed E-state index contributed by atoms with van der Waals surface area (Å²) in [6.45, 7) is 1.51. The smallest absolute Gasteiger partial charge is 0.229 e. The summed E-state index contributed by atoms with van der Waals surface area (Å²) in [7, 11) is -3.45. The third-order valence-electron chi connectivity index (χ3n) is 3.38. The predicted molar refractivity (Wildman–Crippen MR) is 94.6 cm³/mol. The molecule has 0 radical (unpaired) electrons. The second-order valence-corrected chi connectivity index (χ2v) is 8.10. The van der Waals surface area contributed by atoms with E-state index in [0.29, 0.717) is 15.6 Å². The van der Waals surface area contributed by atoms with Gasteiger partial charge in [-0.1, -0.05) is 36.2 Å². The van der Waals surface area contributed by atoms with E-state index >= 15 is 0 Å². The number of carbonyl (C=O) groups excluding carboxylic acids is 1. The largest absolute Gasteiger partial charge is 0.506 e. The molecule has 2 N–H and O–H groups in total. The number of hydrogen-bond donors (Lipinski definition) is 2. The number of anilines is 1. The zero-order valence-electron chi connectivity index (χ0n) is 12.7. The highest BCUT2D eigenvalue weighted by molar-refractivity contribution is 7.91. The van der Waals surface area contributed by atoms with E-state index in [1.807, 2.05) is 0 Å². The van der Waals surface area contributed by atoms with Gasteiger partial charge in [0.25, 0.3) is 0 Å². The first-order chi connectivity index (χ1) is 11.2. The Hall–Kier alpha value is -1.76. The summed E-state index contributed by atoms with van der Waals surface area (Å²) in [4.78, 5) is 12.2. The van der Waals surface area contributed by atoms with E-state index in [1.165, 1.54) is 25.1 Å². The molecule has 0 heterocycles. The van der Waals surface area contributed by atoms with E-state index in [0.717, 1.165) is 0 Å². The maximum absolute atomic E-state index is 12.2. The Morgan fingerprint density at radius 3 is 2.38 bits per heavy atom. The summed E-state index contributed by atoms with van der Waals surface area (Å²) in [6.07, 6.45) is -0.108. The van der Waals surface area contributed by atoms with Crippen LogP contribution >= 0.6 is 23.2 Å². The molecule has 0 spiro atoms. The number of phenols is 1. The molecule has 0 saturated heterocycles. The Balaban J connectivity index is 2.25. The Labute approximate surface area is 150 Å². The second kappa shape index (κ2) is 7.42. The topological polar surface area (TPSA) is 83.5 Å². The van der Waals surface area contributed by atoms with Gasteiger partial charge in [0.1, 0.15) is 5.75 Å². The zero-order chi connectivity index (χ0) is 17.9. The molecule has 0 aliphatic heterocycles. The lowest BCUT2D eigenvalue weighted by Gasteiger charge is -2.11. The van der Waals surface area contributed by atoms with Crippen LogP contribution in [0.1, 0.15) is 12.5 Å². The van der Waals surface area contributed by atoms with Crippen LogP contribution in [0.5, 0.6) is 5.75 Å². The third kappa shape index (κ3) is 4.20. The number of hydrogen-bond acceptors (Lipinski definition) is 4. The Bertz CT molecular complexity index is 861. The molecule has 1 amide bonds. The van der Waals surface area contributed by atoms with Crippen molar-refractivity contribution in [1.82, 2.24) is 0 Å². The Kier molecular flexibility index (Phi) is 5.74. The summed E-state index contributed by atoms with van der Waals surface area (Å²) < 4.78 is 23.8. The molecule has 8 heteroatoms. The van der Waals surface area contributed by atoms with Crippen molar-refractivity contribution in [3.8, 4) is 5.75 Å². The van der Waals surface area contributed by atoms with E-state index < -0.39 is 15.7 Å². The van der Waals surface area contributed by atoms with Crippen LogP contribution in [-0.4, -0.2) is 25.2 Å². The molecule has 2 aromatic rings. The molecule has 0 aliphatic rings. The monoisotopic (exact) mass is 387 g/mol. The van der Waals surface area contributed by atoms with Crippen LogP contribution < -0.4 is 5.32 Å². The zero-order valence-corrected chi connectivity index (χ0v) is 15.0. The fourth-order valence-electron chi connectivity index (χ4n) is 2.03. The van der Waals surface area contributed by atoms with Crippen molar-refractivity contribution >= 4 is 44.6 Å². The Morgan fingerprint density at radius 1 is 1.17 bits per heavy atom. The van der Waals surface area contributed by atoms with Gasteiger partial charge in [-0.25, -0.2) is 8.42 Å². The average Bonchev–Trinajstić information content (AvgIpc) is 2.53. The molecule has 0 unspecified atom stereocenters. The van der Waals surface area contributed by atoms with Gasteiger partial charge < -0.3 is 10.4 Å². The number of halogens is 2. The lowest BCUT2D eigenvalue weighted by Crippen LogP contribution is -2.15. The maximum atomic E-state index is 12.2. The average molecular weight is 388 g/mol. The van der Waals surface area contributed by atoms with Gasteiger partial charge in [0, 0.05) is 10.0 Å². The van der Waals surface area contributed by atoms with Crippen LogP contribution in [-0.2, 0) is 21.1 Å². The lowest BCUT2D eigenvalue weighted by molar-refractivity contribution is -0.115. The normalized spacial score (nSPS) is 11.3. The summed E-state index contributed by atoms with van der Waals surface area (Å²) in [5.41, 5.74) is 0.466. The lowest BCUT2D eigenvalue weighted by atomic mass is 10.1. The summed E-state index contributed by atoms with van der Waals surface area (Å²) >= 11 is 12.0. The van der Waals surface area contributed by atoms with Gasteiger partial charge in [-0.05, 0) is 35.9 Å². The summed E-state index contributed by atoms with van der Waals surface area (Å²) in [5, 5.41) is 13.0. The van der Waals surface area contributed by atoms with E-state index in [2.05, 4.69) is 5.32 Å². The molecule has 2 rings (SSSR count). The molecule has 0 atom stereocenters. The Morgan fingerprint density at radius 2 is 1.79 bits per heavy atom. The first-order valence-corrected chi connectivity index (χ1v) is 9.44. The highest BCUT2D eigenvalue weighted by atomic mass is 35.5. The number of nitrogens with one attached hydrogen (secondary N) is 1. The van der Waals surface area contributed by atoms with Crippen molar-refractivity contribution in [2.75, 3.05) is 11.1 Å². The molecule has 24 heavy (non-hydrogen) atoms. The SMILES string of the molecule is CCS(=O)(=O)c1ccc(O)c(NC(=O)Cc2c(Cl)cccc2Cl)c1. The quantitative estimate of drug-likeness (QED) is 0.766. The molecule has 0 aromatic heterocycles. The van der Waals surface area contributed by atoms with Crippen molar-refractivity contribution in [3.05, 3.63) is 52.0 Å². The predicted octanol–water partition coefficient (Wildman–Crippen LogP) is 3.67. The molecule has 0 saturated carbocycles. The molecule has 0 fully saturated rings. The van der Waals surface area contributed by atoms with Crippen LogP contribution in [0.3, 0.4) is 0 Å². The van der Waals surface area contributed by atoms with E-state index in [4.69, 9.17) is 23.2 Å². The number of aromatic hydroxyl groups is 1. The van der Waals surface area contributed by atoms with Crippen molar-refractivity contribution in [3.63, 3.8) is 0 Å². The van der Waals surface area contributed by atoms with Gasteiger partial charge in [0.15, 0.2) is 9.84 Å². The van der Waals surface area contributed by atoms with E-state index in [9.17, 15) is 18.3 Å². The molecule has 0 aliphatic carbocycles. The summed E-state index contributed by atoms with van der Waals surface area (Å²) in [5.74, 6) is -0.796. The minimum absolute atomic E-state index is 0.0118. The fraction of sp³-hybridized carbons (Fsp3) is 0.188. The van der Waals surface area contributed by atoms with Crippen LogP contribution in [0.15, 0.2) is 41.3 Å². The standard InChI is InChI=1S/C16H15Cl2NO4S/c1-2-24(22,23)10-6-7-15(20)14(8-10)19-16(21)9-11-12(17)4-3-5-13(11)18/h3-8,20H,2,9H2,1H3,(H,19,21). The van der Waals surface area contributed by atoms with Crippen LogP contribution in [0.2, 0.25) is 10.0 Å². The number of amides is 1. The van der Waals surface area contributed by atoms with Gasteiger partial charge in [0.05, 0.1) is 22.8 Å². The van der Waals surface area contributed by atoms with E-state index in [-0.39, 0.29) is 28.5 Å². The van der Waals surface area contributed by atoms with Gasteiger partial charge in [0.2, 0.25) is 5.91 Å². The molecule has 128 valence electrons. The maximum Gasteiger partial charge on any atom is 0.229 e. The van der Waals surface area contributed by atoms with Crippen molar-refractivity contribution in [2.24, 2.45) is 0 Å². The molecule has 2 aromatic carbocycles. The minimum atomic E-state index is -3.45. The fourth-order valence-corrected chi connectivity index (χ4v) is 3.47. The highest BCUT2D eigenvalue weighted by Crippen LogP contribution is 2.28. The van der Waals surface area contributed by atoms with Gasteiger partial charge in [-0.2, -0.15) is 0 Å². The molecular weight excluding hydrogens is 373 g/mol. The first-order valence-electron chi connectivity index (χ1n) is 7.03. The molecule has 0 bridgehead atoms.